The summed E-state index contributed by atoms with van der Waals surface area (Å²) in [4.78, 5) is 0.357. The van der Waals surface area contributed by atoms with Gasteiger partial charge in [0.25, 0.3) is 0 Å². The van der Waals surface area contributed by atoms with Gasteiger partial charge < -0.3 is 5.73 Å². The Morgan fingerprint density at radius 1 is 1.26 bits per heavy atom. The predicted molar refractivity (Wildman–Crippen MR) is 76.1 cm³/mol. The van der Waals surface area contributed by atoms with Crippen molar-refractivity contribution in [1.82, 2.24) is 4.31 Å². The minimum Gasteiger partial charge on any atom is -0.326 e. The summed E-state index contributed by atoms with van der Waals surface area (Å²) in [5, 5.41) is 0. The molecule has 0 spiro atoms. The number of nitrogens with zero attached hydrogens (tertiary/aromatic N) is 1. The quantitative estimate of drug-likeness (QED) is 0.923. The van der Waals surface area contributed by atoms with E-state index in [1.54, 1.807) is 22.5 Å². The van der Waals surface area contributed by atoms with Crippen molar-refractivity contribution in [3.8, 4) is 0 Å². The van der Waals surface area contributed by atoms with Gasteiger partial charge in [-0.05, 0) is 44.4 Å². The van der Waals surface area contributed by atoms with Crippen LogP contribution in [0.3, 0.4) is 0 Å². The van der Waals surface area contributed by atoms with Gasteiger partial charge in [-0.15, -0.1) is 0 Å². The summed E-state index contributed by atoms with van der Waals surface area (Å²) in [5.74, 6) is 0. The highest BCUT2D eigenvalue weighted by atomic mass is 32.2. The summed E-state index contributed by atoms with van der Waals surface area (Å²) in [6.07, 6.45) is 2.96. The Bertz CT molecular complexity index is 532. The van der Waals surface area contributed by atoms with Crippen molar-refractivity contribution in [3.05, 3.63) is 29.8 Å². The van der Waals surface area contributed by atoms with Gasteiger partial charge in [0.1, 0.15) is 0 Å². The zero-order valence-electron chi connectivity index (χ0n) is 11.5. The predicted octanol–water partition coefficient (Wildman–Crippen LogP) is 2.10. The molecule has 0 aliphatic carbocycles. The molecule has 5 heteroatoms. The molecule has 1 aromatic carbocycles. The molecule has 2 atom stereocenters. The highest BCUT2D eigenvalue weighted by Gasteiger charge is 2.35. The van der Waals surface area contributed by atoms with Gasteiger partial charge >= 0.3 is 0 Å². The Kier molecular flexibility index (Phi) is 4.28. The minimum absolute atomic E-state index is 0.0651. The van der Waals surface area contributed by atoms with Crippen LogP contribution in [0.2, 0.25) is 0 Å². The zero-order chi connectivity index (χ0) is 14.0. The van der Waals surface area contributed by atoms with E-state index in [-0.39, 0.29) is 12.1 Å². The number of rotatable bonds is 3. The van der Waals surface area contributed by atoms with E-state index in [0.29, 0.717) is 11.4 Å². The lowest BCUT2D eigenvalue weighted by molar-refractivity contribution is 0.204. The van der Waals surface area contributed by atoms with Crippen LogP contribution in [0.5, 0.6) is 0 Å². The van der Waals surface area contributed by atoms with Gasteiger partial charge in [-0.3, -0.25) is 0 Å². The van der Waals surface area contributed by atoms with Gasteiger partial charge in [0, 0.05) is 18.6 Å². The van der Waals surface area contributed by atoms with Crippen LogP contribution in [0.4, 0.5) is 0 Å². The SMILES string of the molecule is C[C@@H]1CCC[C@H](C)N1S(=O)(=O)c1cccc(CN)c1. The second-order valence-corrected chi connectivity index (χ2v) is 7.16. The number of sulfonamides is 1. The van der Waals surface area contributed by atoms with Crippen LogP contribution in [0.1, 0.15) is 38.7 Å². The maximum Gasteiger partial charge on any atom is 0.243 e. The second kappa shape index (κ2) is 5.61. The fourth-order valence-electron chi connectivity index (χ4n) is 2.83. The third-order valence-corrected chi connectivity index (χ3v) is 5.95. The minimum atomic E-state index is -3.42. The van der Waals surface area contributed by atoms with Gasteiger partial charge in [-0.2, -0.15) is 4.31 Å². The topological polar surface area (TPSA) is 63.4 Å². The lowest BCUT2D eigenvalue weighted by atomic mass is 10.0. The van der Waals surface area contributed by atoms with Crippen LogP contribution < -0.4 is 5.73 Å². The summed E-state index contributed by atoms with van der Waals surface area (Å²) in [6.45, 7) is 4.33. The molecule has 1 aromatic rings. The molecule has 1 aliphatic heterocycles. The fourth-order valence-corrected chi connectivity index (χ4v) is 4.78. The van der Waals surface area contributed by atoms with Crippen molar-refractivity contribution < 1.29 is 8.42 Å². The monoisotopic (exact) mass is 282 g/mol. The first-order valence-electron chi connectivity index (χ1n) is 6.79. The van der Waals surface area contributed by atoms with Crippen molar-refractivity contribution in [2.24, 2.45) is 5.73 Å². The summed E-state index contributed by atoms with van der Waals surface area (Å²) in [7, 11) is -3.42. The van der Waals surface area contributed by atoms with Crippen LogP contribution in [-0.4, -0.2) is 24.8 Å². The van der Waals surface area contributed by atoms with E-state index in [2.05, 4.69) is 0 Å². The van der Waals surface area contributed by atoms with Gasteiger partial charge in [-0.25, -0.2) is 8.42 Å². The molecule has 2 N–H and O–H groups in total. The maximum absolute atomic E-state index is 12.8. The number of piperidine rings is 1. The molecular weight excluding hydrogens is 260 g/mol. The molecule has 0 bridgehead atoms. The number of benzene rings is 1. The largest absolute Gasteiger partial charge is 0.326 e. The highest BCUT2D eigenvalue weighted by molar-refractivity contribution is 7.89. The molecule has 106 valence electrons. The lowest BCUT2D eigenvalue weighted by Crippen LogP contribution is -2.47. The Morgan fingerprint density at radius 3 is 2.47 bits per heavy atom. The van der Waals surface area contributed by atoms with Crippen molar-refractivity contribution in [2.75, 3.05) is 0 Å². The Balaban J connectivity index is 2.40. The molecule has 1 heterocycles. The number of hydrogen-bond acceptors (Lipinski definition) is 3. The summed E-state index contributed by atoms with van der Waals surface area (Å²) in [5.41, 5.74) is 6.43. The standard InChI is InChI=1S/C14H22N2O2S/c1-11-5-3-6-12(2)16(11)19(17,18)14-8-4-7-13(9-14)10-15/h4,7-9,11-12H,3,5-6,10,15H2,1-2H3/t11-,12+. The fraction of sp³-hybridized carbons (Fsp3) is 0.571. The van der Waals surface area contributed by atoms with Crippen molar-refractivity contribution >= 4 is 10.0 Å². The zero-order valence-corrected chi connectivity index (χ0v) is 12.4. The van der Waals surface area contributed by atoms with Crippen molar-refractivity contribution in [2.45, 2.75) is 56.6 Å². The molecule has 1 fully saturated rings. The Labute approximate surface area is 115 Å². The van der Waals surface area contributed by atoms with E-state index < -0.39 is 10.0 Å². The van der Waals surface area contributed by atoms with E-state index in [0.717, 1.165) is 24.8 Å². The Hall–Kier alpha value is -0.910. The second-order valence-electron chi connectivity index (χ2n) is 5.32. The van der Waals surface area contributed by atoms with Crippen LogP contribution in [0.25, 0.3) is 0 Å². The van der Waals surface area contributed by atoms with Gasteiger partial charge in [-0.1, -0.05) is 18.6 Å². The van der Waals surface area contributed by atoms with Crippen molar-refractivity contribution in [3.63, 3.8) is 0 Å². The Morgan fingerprint density at radius 2 is 1.89 bits per heavy atom. The van der Waals surface area contributed by atoms with Gasteiger partial charge in [0.15, 0.2) is 0 Å². The van der Waals surface area contributed by atoms with E-state index in [1.807, 2.05) is 19.9 Å². The van der Waals surface area contributed by atoms with E-state index in [9.17, 15) is 8.42 Å². The lowest BCUT2D eigenvalue weighted by Gasteiger charge is -2.37. The van der Waals surface area contributed by atoms with Gasteiger partial charge in [0.2, 0.25) is 10.0 Å². The summed E-state index contributed by atoms with van der Waals surface area (Å²) in [6, 6.07) is 7.08. The van der Waals surface area contributed by atoms with Crippen LogP contribution in [0, 0.1) is 0 Å². The van der Waals surface area contributed by atoms with E-state index in [4.69, 9.17) is 5.73 Å². The molecule has 0 saturated carbocycles. The normalized spacial score (nSPS) is 25.4. The third kappa shape index (κ3) is 2.83. The van der Waals surface area contributed by atoms with Crippen LogP contribution >= 0.6 is 0 Å². The third-order valence-electron chi connectivity index (χ3n) is 3.82. The molecule has 0 radical (unpaired) electrons. The summed E-state index contributed by atoms with van der Waals surface area (Å²) >= 11 is 0. The number of nitrogens with two attached hydrogens (primary N) is 1. The maximum atomic E-state index is 12.8. The average Bonchev–Trinajstić information content (AvgIpc) is 2.38. The van der Waals surface area contributed by atoms with Crippen LogP contribution in [-0.2, 0) is 16.6 Å². The molecule has 2 rings (SSSR count). The van der Waals surface area contributed by atoms with Crippen molar-refractivity contribution in [1.29, 1.82) is 0 Å². The smallest absolute Gasteiger partial charge is 0.243 e. The van der Waals surface area contributed by atoms with Gasteiger partial charge in [0.05, 0.1) is 4.90 Å². The highest BCUT2D eigenvalue weighted by Crippen LogP contribution is 2.29. The molecular formula is C14H22N2O2S. The first kappa shape index (κ1) is 14.5. The number of hydrogen-bond donors (Lipinski definition) is 1. The molecule has 1 saturated heterocycles. The molecule has 0 amide bonds. The molecule has 4 nitrogen and oxygen atoms in total. The first-order chi connectivity index (χ1) is 8.96. The first-order valence-corrected chi connectivity index (χ1v) is 8.23. The molecule has 0 aromatic heterocycles. The molecule has 1 aliphatic rings. The summed E-state index contributed by atoms with van der Waals surface area (Å²) < 4.78 is 27.2. The van der Waals surface area contributed by atoms with Crippen LogP contribution in [0.15, 0.2) is 29.2 Å². The molecule has 0 unspecified atom stereocenters. The van der Waals surface area contributed by atoms with E-state index in [1.165, 1.54) is 0 Å². The molecule has 19 heavy (non-hydrogen) atoms. The average molecular weight is 282 g/mol. The van der Waals surface area contributed by atoms with E-state index >= 15 is 0 Å².